The van der Waals surface area contributed by atoms with Gasteiger partial charge in [0, 0.05) is 53.2 Å². The second-order valence-electron chi connectivity index (χ2n) is 9.27. The third-order valence-electron chi connectivity index (χ3n) is 6.90. The largest absolute Gasteiger partial charge is 0.373 e. The van der Waals surface area contributed by atoms with Gasteiger partial charge in [-0.3, -0.25) is 4.79 Å². The van der Waals surface area contributed by atoms with Crippen LogP contribution in [0.2, 0.25) is 10.0 Å². The molecule has 0 amide bonds. The van der Waals surface area contributed by atoms with E-state index in [1.807, 2.05) is 32.0 Å². The van der Waals surface area contributed by atoms with Gasteiger partial charge < -0.3 is 18.9 Å². The maximum absolute atomic E-state index is 10.6. The average Bonchev–Trinajstić information content (AvgIpc) is 3.61. The molecule has 11 heteroatoms. The third-order valence-corrected chi connectivity index (χ3v) is 8.74. The highest BCUT2D eigenvalue weighted by atomic mass is 35.5. The summed E-state index contributed by atoms with van der Waals surface area (Å²) in [5, 5.41) is 6.51. The van der Waals surface area contributed by atoms with E-state index in [1.54, 1.807) is 0 Å². The molecular formula is C28H30Cl2N4O3S2. The number of aromatic nitrogens is 2. The van der Waals surface area contributed by atoms with Crippen LogP contribution in [0, 0.1) is 0 Å². The van der Waals surface area contributed by atoms with Crippen LogP contribution < -0.4 is 9.62 Å². The molecule has 0 spiro atoms. The van der Waals surface area contributed by atoms with E-state index >= 15 is 0 Å². The minimum absolute atomic E-state index is 0.149. The van der Waals surface area contributed by atoms with E-state index in [2.05, 4.69) is 37.4 Å². The van der Waals surface area contributed by atoms with E-state index in [4.69, 9.17) is 32.5 Å². The molecule has 4 aromatic rings. The molecule has 2 aromatic heterocycles. The molecule has 0 unspecified atom stereocenters. The van der Waals surface area contributed by atoms with Gasteiger partial charge in [-0.2, -0.15) is 4.37 Å². The Labute approximate surface area is 246 Å². The molecular weight excluding hydrogens is 575 g/mol. The Kier molecular flexibility index (Phi) is 9.35. The van der Waals surface area contributed by atoms with Gasteiger partial charge in [0.2, 0.25) is 0 Å². The number of benzene rings is 2. The van der Waals surface area contributed by atoms with Crippen molar-refractivity contribution in [1.82, 2.24) is 9.53 Å². The normalized spacial score (nSPS) is 15.7. The van der Waals surface area contributed by atoms with Gasteiger partial charge in [-0.1, -0.05) is 48.3 Å². The highest BCUT2D eigenvalue weighted by Gasteiger charge is 2.34. The molecule has 2 aromatic carbocycles. The number of carbonyl (C=O) groups excluding carboxylic acids is 1. The Balaban J connectivity index is 0.00000151. The first-order chi connectivity index (χ1) is 19.1. The summed E-state index contributed by atoms with van der Waals surface area (Å²) < 4.78 is 20.7. The summed E-state index contributed by atoms with van der Waals surface area (Å²) in [4.78, 5) is 13.0. The molecule has 2 aliphatic rings. The van der Waals surface area contributed by atoms with Crippen molar-refractivity contribution in [3.05, 3.63) is 57.8 Å². The van der Waals surface area contributed by atoms with E-state index in [0.717, 1.165) is 83.6 Å². The monoisotopic (exact) mass is 604 g/mol. The summed E-state index contributed by atoms with van der Waals surface area (Å²) in [6, 6.07) is 11.8. The first-order valence-electron chi connectivity index (χ1n) is 13.2. The molecule has 0 atom stereocenters. The molecule has 1 aliphatic carbocycles. The number of nitrogens with zero attached hydrogens (tertiary/aromatic N) is 3. The summed E-state index contributed by atoms with van der Waals surface area (Å²) in [7, 11) is 0. The lowest BCUT2D eigenvalue weighted by atomic mass is 10.0. The molecule has 0 bridgehead atoms. The zero-order valence-electron chi connectivity index (χ0n) is 21.8. The van der Waals surface area contributed by atoms with Gasteiger partial charge in [0.1, 0.15) is 11.5 Å². The Morgan fingerprint density at radius 3 is 2.59 bits per heavy atom. The number of nitrogens with one attached hydrogen (secondary N) is 1. The van der Waals surface area contributed by atoms with Gasteiger partial charge in [-0.15, -0.1) is 0 Å². The molecule has 0 radical (unpaired) electrons. The fraction of sp³-hybridized carbons (Fsp3) is 0.393. The van der Waals surface area contributed by atoms with E-state index in [-0.39, 0.29) is 6.10 Å². The molecule has 1 N–H and O–H groups in total. The van der Waals surface area contributed by atoms with Gasteiger partial charge in [-0.05, 0) is 67.5 Å². The van der Waals surface area contributed by atoms with Crippen LogP contribution in [0.25, 0.3) is 21.3 Å². The Morgan fingerprint density at radius 2 is 1.90 bits per heavy atom. The van der Waals surface area contributed by atoms with Crippen LogP contribution in [0.1, 0.15) is 56.8 Å². The minimum Gasteiger partial charge on any atom is -0.373 e. The summed E-state index contributed by atoms with van der Waals surface area (Å²) in [5.74, 6) is 2.03. The van der Waals surface area contributed by atoms with Gasteiger partial charge in [0.15, 0.2) is 11.4 Å². The van der Waals surface area contributed by atoms with E-state index in [1.165, 1.54) is 17.2 Å². The van der Waals surface area contributed by atoms with Gasteiger partial charge in [-0.25, -0.2) is 0 Å². The molecule has 7 nitrogen and oxygen atoms in total. The number of rotatable bonds is 9. The molecule has 1 saturated heterocycles. The summed E-state index contributed by atoms with van der Waals surface area (Å²) in [5.41, 5.74) is 4.29. The quantitative estimate of drug-likeness (QED) is 0.150. The number of carbonyl (C=O) groups is 1. The highest BCUT2D eigenvalue weighted by Crippen LogP contribution is 2.46. The fourth-order valence-corrected chi connectivity index (χ4v) is 6.53. The van der Waals surface area contributed by atoms with Gasteiger partial charge in [0.05, 0.1) is 27.5 Å². The molecule has 6 rings (SSSR count). The smallest absolute Gasteiger partial charge is 0.196 e. The fourth-order valence-electron chi connectivity index (χ4n) is 4.81. The average molecular weight is 606 g/mol. The van der Waals surface area contributed by atoms with Crippen LogP contribution in [0.4, 0.5) is 11.5 Å². The van der Waals surface area contributed by atoms with Crippen molar-refractivity contribution in [3.8, 4) is 11.3 Å². The first-order valence-corrected chi connectivity index (χ1v) is 15.6. The number of fused-ring (bicyclic) bond motifs is 1. The van der Waals surface area contributed by atoms with Crippen LogP contribution >= 0.6 is 46.7 Å². The number of ether oxygens (including phenoxy) is 1. The number of hydrogen-bond donors (Lipinski definition) is 1. The number of halogens is 2. The minimum atomic E-state index is 0.149. The van der Waals surface area contributed by atoms with E-state index < -0.39 is 0 Å². The van der Waals surface area contributed by atoms with E-state index in [0.29, 0.717) is 33.8 Å². The SMILES string of the molecule is CC.O=CSNc1nsc2cc(N3CCC(OCc4c(-c5c(Cl)cccc5Cl)noc4C4CC4)CC3)ccc12. The van der Waals surface area contributed by atoms with Crippen LogP contribution in [0.3, 0.4) is 0 Å². The molecule has 1 saturated carbocycles. The number of hydrogen-bond acceptors (Lipinski definition) is 9. The van der Waals surface area contributed by atoms with Gasteiger partial charge >= 0.3 is 0 Å². The summed E-state index contributed by atoms with van der Waals surface area (Å²) in [6.07, 6.45) is 4.21. The van der Waals surface area contributed by atoms with Crippen LogP contribution in [-0.2, 0) is 16.1 Å². The van der Waals surface area contributed by atoms with Crippen molar-refractivity contribution in [1.29, 1.82) is 0 Å². The standard InChI is InChI=1S/C26H24Cl2N4O3S2.C2H6/c27-20-2-1-3-21(28)23(20)24-19(25(35-29-24)15-4-5-15)13-34-17-8-10-32(11-9-17)16-6-7-18-22(12-16)37-31-26(18)30-36-14-33;1-2/h1-3,6-7,12,14-15,17H,4-5,8-11,13H2,(H,30,31);1-2H3. The Bertz CT molecular complexity index is 1410. The summed E-state index contributed by atoms with van der Waals surface area (Å²) in [6.45, 7) is 6.24. The van der Waals surface area contributed by atoms with Gasteiger partial charge in [0.25, 0.3) is 0 Å². The lowest BCUT2D eigenvalue weighted by molar-refractivity contribution is 0.0246. The van der Waals surface area contributed by atoms with Crippen LogP contribution in [-0.4, -0.2) is 34.3 Å². The van der Waals surface area contributed by atoms with Crippen LogP contribution in [0.5, 0.6) is 0 Å². The number of anilines is 2. The zero-order chi connectivity index (χ0) is 27.4. The van der Waals surface area contributed by atoms with E-state index in [9.17, 15) is 4.79 Å². The maximum Gasteiger partial charge on any atom is 0.196 e. The predicted octanol–water partition coefficient (Wildman–Crippen LogP) is 8.60. The molecule has 2 fully saturated rings. The van der Waals surface area contributed by atoms with Crippen molar-refractivity contribution in [3.63, 3.8) is 0 Å². The lowest BCUT2D eigenvalue weighted by Crippen LogP contribution is -2.37. The molecule has 3 heterocycles. The van der Waals surface area contributed by atoms with Crippen molar-refractivity contribution in [2.75, 3.05) is 22.7 Å². The van der Waals surface area contributed by atoms with Crippen molar-refractivity contribution < 1.29 is 14.1 Å². The first kappa shape index (κ1) is 28.2. The van der Waals surface area contributed by atoms with Crippen molar-refractivity contribution in [2.24, 2.45) is 0 Å². The third kappa shape index (κ3) is 6.23. The molecule has 1 aliphatic heterocycles. The second-order valence-corrected chi connectivity index (χ2v) is 11.5. The lowest BCUT2D eigenvalue weighted by Gasteiger charge is -2.33. The number of piperidine rings is 1. The second kappa shape index (κ2) is 12.9. The highest BCUT2D eigenvalue weighted by molar-refractivity contribution is 8.13. The Hall–Kier alpha value is -2.30. The van der Waals surface area contributed by atoms with Crippen molar-refractivity contribution >= 4 is 73.9 Å². The zero-order valence-corrected chi connectivity index (χ0v) is 24.9. The molecule has 39 heavy (non-hydrogen) atoms. The summed E-state index contributed by atoms with van der Waals surface area (Å²) >= 11 is 15.4. The Morgan fingerprint density at radius 1 is 1.15 bits per heavy atom. The van der Waals surface area contributed by atoms with Crippen LogP contribution in [0.15, 0.2) is 40.9 Å². The molecule has 206 valence electrons. The maximum atomic E-state index is 10.6. The van der Waals surface area contributed by atoms with Crippen molar-refractivity contribution in [2.45, 2.75) is 58.2 Å². The topological polar surface area (TPSA) is 80.5 Å². The predicted molar refractivity (Wildman–Crippen MR) is 163 cm³/mol.